The Morgan fingerprint density at radius 2 is 2.31 bits per heavy atom. The summed E-state index contributed by atoms with van der Waals surface area (Å²) in [5.41, 5.74) is 8.19. The van der Waals surface area contributed by atoms with Crippen LogP contribution in [0.2, 0.25) is 0 Å². The molecule has 0 amide bonds. The van der Waals surface area contributed by atoms with E-state index < -0.39 is 0 Å². The molecule has 0 radical (unpaired) electrons. The number of H-pyrrole nitrogens is 1. The summed E-state index contributed by atoms with van der Waals surface area (Å²) in [6, 6.07) is 6.44. The highest BCUT2D eigenvalue weighted by Gasteiger charge is 2.05. The van der Waals surface area contributed by atoms with Gasteiger partial charge in [0.1, 0.15) is 0 Å². The lowest BCUT2D eigenvalue weighted by molar-refractivity contribution is 0.939. The highest BCUT2D eigenvalue weighted by Crippen LogP contribution is 2.28. The van der Waals surface area contributed by atoms with Gasteiger partial charge in [-0.25, -0.2) is 4.98 Å². The number of hydrogen-bond donors (Lipinski definition) is 2. The van der Waals surface area contributed by atoms with E-state index in [9.17, 15) is 0 Å². The molecule has 4 heteroatoms. The first-order valence-corrected chi connectivity index (χ1v) is 6.08. The van der Waals surface area contributed by atoms with Crippen molar-refractivity contribution in [3.8, 4) is 0 Å². The van der Waals surface area contributed by atoms with Gasteiger partial charge in [-0.2, -0.15) is 0 Å². The van der Waals surface area contributed by atoms with Crippen molar-refractivity contribution in [2.45, 2.75) is 23.4 Å². The quantitative estimate of drug-likeness (QED) is 0.852. The standard InChI is InChI=1S/C12H15N3S/c1-9-2-3-11(10(8-9)4-5-13)16-12-14-6-7-15-12/h2-3,6-8H,4-5,13H2,1H3,(H,14,15). The Kier molecular flexibility index (Phi) is 3.64. The smallest absolute Gasteiger partial charge is 0.170 e. The number of aromatic amines is 1. The molecule has 0 aliphatic carbocycles. The zero-order chi connectivity index (χ0) is 11.4. The van der Waals surface area contributed by atoms with E-state index in [1.165, 1.54) is 16.0 Å². The summed E-state index contributed by atoms with van der Waals surface area (Å²) in [4.78, 5) is 8.53. The summed E-state index contributed by atoms with van der Waals surface area (Å²) < 4.78 is 0. The number of imidazole rings is 1. The number of rotatable bonds is 4. The molecule has 0 aliphatic heterocycles. The van der Waals surface area contributed by atoms with E-state index in [1.807, 2.05) is 6.20 Å². The van der Waals surface area contributed by atoms with E-state index in [4.69, 9.17) is 5.73 Å². The molecular formula is C12H15N3S. The fraction of sp³-hybridized carbons (Fsp3) is 0.250. The second-order valence-electron chi connectivity index (χ2n) is 3.65. The number of hydrogen-bond acceptors (Lipinski definition) is 3. The molecule has 0 unspecified atom stereocenters. The van der Waals surface area contributed by atoms with Gasteiger partial charge in [-0.3, -0.25) is 0 Å². The van der Waals surface area contributed by atoms with Crippen molar-refractivity contribution < 1.29 is 0 Å². The second-order valence-corrected chi connectivity index (χ2v) is 4.68. The molecule has 0 atom stereocenters. The van der Waals surface area contributed by atoms with Gasteiger partial charge in [-0.05, 0) is 31.5 Å². The SMILES string of the molecule is Cc1ccc(Sc2ncc[nH]2)c(CCN)c1. The Balaban J connectivity index is 2.25. The summed E-state index contributed by atoms with van der Waals surface area (Å²) in [6.45, 7) is 2.77. The van der Waals surface area contributed by atoms with Crippen LogP contribution in [0.5, 0.6) is 0 Å². The molecule has 0 fully saturated rings. The summed E-state index contributed by atoms with van der Waals surface area (Å²) in [6.07, 6.45) is 4.50. The highest BCUT2D eigenvalue weighted by atomic mass is 32.2. The third-order valence-corrected chi connectivity index (χ3v) is 3.34. The van der Waals surface area contributed by atoms with Crippen LogP contribution < -0.4 is 5.73 Å². The summed E-state index contributed by atoms with van der Waals surface area (Å²) in [5.74, 6) is 0. The van der Waals surface area contributed by atoms with Crippen LogP contribution in [0.1, 0.15) is 11.1 Å². The first-order valence-electron chi connectivity index (χ1n) is 5.26. The van der Waals surface area contributed by atoms with Crippen LogP contribution in [0, 0.1) is 6.92 Å². The van der Waals surface area contributed by atoms with Crippen LogP contribution in [0.4, 0.5) is 0 Å². The Morgan fingerprint density at radius 3 is 3.00 bits per heavy atom. The van der Waals surface area contributed by atoms with Gasteiger partial charge in [0, 0.05) is 17.3 Å². The molecule has 0 bridgehead atoms. The topological polar surface area (TPSA) is 54.7 Å². The molecule has 1 aromatic carbocycles. The fourth-order valence-electron chi connectivity index (χ4n) is 1.57. The zero-order valence-corrected chi connectivity index (χ0v) is 10.1. The summed E-state index contributed by atoms with van der Waals surface area (Å²) >= 11 is 1.65. The molecule has 16 heavy (non-hydrogen) atoms. The lowest BCUT2D eigenvalue weighted by atomic mass is 10.1. The molecule has 2 rings (SSSR count). The largest absolute Gasteiger partial charge is 0.339 e. The van der Waals surface area contributed by atoms with Crippen molar-refractivity contribution in [1.29, 1.82) is 0 Å². The van der Waals surface area contributed by atoms with E-state index in [1.54, 1.807) is 18.0 Å². The lowest BCUT2D eigenvalue weighted by Crippen LogP contribution is -2.04. The zero-order valence-electron chi connectivity index (χ0n) is 9.23. The Morgan fingerprint density at radius 1 is 1.44 bits per heavy atom. The van der Waals surface area contributed by atoms with Crippen LogP contribution in [0.15, 0.2) is 40.6 Å². The van der Waals surface area contributed by atoms with Gasteiger partial charge in [-0.15, -0.1) is 0 Å². The number of aromatic nitrogens is 2. The number of nitrogens with one attached hydrogen (secondary N) is 1. The van der Waals surface area contributed by atoms with Crippen molar-refractivity contribution in [3.05, 3.63) is 41.7 Å². The first-order chi connectivity index (χ1) is 7.79. The number of nitrogens with two attached hydrogens (primary N) is 1. The van der Waals surface area contributed by atoms with Crippen molar-refractivity contribution in [3.63, 3.8) is 0 Å². The van der Waals surface area contributed by atoms with Gasteiger partial charge in [-0.1, -0.05) is 29.5 Å². The third-order valence-electron chi connectivity index (χ3n) is 2.31. The maximum Gasteiger partial charge on any atom is 0.170 e. The molecule has 1 heterocycles. The van der Waals surface area contributed by atoms with Crippen LogP contribution in [0.25, 0.3) is 0 Å². The van der Waals surface area contributed by atoms with Crippen LogP contribution in [0.3, 0.4) is 0 Å². The molecule has 84 valence electrons. The minimum absolute atomic E-state index is 0.676. The average Bonchev–Trinajstić information content (AvgIpc) is 2.75. The van der Waals surface area contributed by atoms with Crippen LogP contribution in [-0.4, -0.2) is 16.5 Å². The second kappa shape index (κ2) is 5.18. The number of nitrogens with zero attached hydrogens (tertiary/aromatic N) is 1. The minimum Gasteiger partial charge on any atom is -0.339 e. The van der Waals surface area contributed by atoms with Crippen molar-refractivity contribution >= 4 is 11.8 Å². The van der Waals surface area contributed by atoms with Gasteiger partial charge < -0.3 is 10.7 Å². The number of benzene rings is 1. The molecule has 0 saturated heterocycles. The van der Waals surface area contributed by atoms with Gasteiger partial charge in [0.15, 0.2) is 5.16 Å². The van der Waals surface area contributed by atoms with E-state index in [0.717, 1.165) is 11.6 Å². The Hall–Kier alpha value is -1.26. The van der Waals surface area contributed by atoms with E-state index >= 15 is 0 Å². The van der Waals surface area contributed by atoms with Crippen molar-refractivity contribution in [1.82, 2.24) is 9.97 Å². The normalized spacial score (nSPS) is 10.6. The number of aryl methyl sites for hydroxylation is 1. The molecule has 0 spiro atoms. The minimum atomic E-state index is 0.676. The molecule has 2 aromatic rings. The summed E-state index contributed by atoms with van der Waals surface area (Å²) in [5, 5.41) is 0.919. The van der Waals surface area contributed by atoms with Crippen LogP contribution >= 0.6 is 11.8 Å². The van der Waals surface area contributed by atoms with Crippen LogP contribution in [-0.2, 0) is 6.42 Å². The fourth-order valence-corrected chi connectivity index (χ4v) is 2.45. The molecule has 0 saturated carbocycles. The molecular weight excluding hydrogens is 218 g/mol. The van der Waals surface area contributed by atoms with Gasteiger partial charge >= 0.3 is 0 Å². The lowest BCUT2D eigenvalue weighted by Gasteiger charge is -2.07. The van der Waals surface area contributed by atoms with E-state index in [0.29, 0.717) is 6.54 Å². The van der Waals surface area contributed by atoms with Crippen molar-refractivity contribution in [2.75, 3.05) is 6.54 Å². The van der Waals surface area contributed by atoms with Gasteiger partial charge in [0.2, 0.25) is 0 Å². The predicted octanol–water partition coefficient (Wildman–Crippen LogP) is 2.37. The molecule has 1 aromatic heterocycles. The summed E-state index contributed by atoms with van der Waals surface area (Å²) in [7, 11) is 0. The predicted molar refractivity (Wildman–Crippen MR) is 66.6 cm³/mol. The Labute approximate surface area is 99.5 Å². The molecule has 0 aliphatic rings. The van der Waals surface area contributed by atoms with Gasteiger partial charge in [0.25, 0.3) is 0 Å². The maximum absolute atomic E-state index is 5.62. The van der Waals surface area contributed by atoms with Crippen molar-refractivity contribution in [2.24, 2.45) is 5.73 Å². The third kappa shape index (κ3) is 2.65. The van der Waals surface area contributed by atoms with E-state index in [2.05, 4.69) is 35.1 Å². The Bertz CT molecular complexity index is 451. The highest BCUT2D eigenvalue weighted by molar-refractivity contribution is 7.99. The van der Waals surface area contributed by atoms with E-state index in [-0.39, 0.29) is 0 Å². The monoisotopic (exact) mass is 233 g/mol. The molecule has 3 N–H and O–H groups in total. The van der Waals surface area contributed by atoms with Gasteiger partial charge in [0.05, 0.1) is 0 Å². The molecule has 3 nitrogen and oxygen atoms in total. The average molecular weight is 233 g/mol. The maximum atomic E-state index is 5.62. The first kappa shape index (κ1) is 11.2.